The maximum absolute atomic E-state index is 12.4. The van der Waals surface area contributed by atoms with Gasteiger partial charge in [-0.3, -0.25) is 9.59 Å². The van der Waals surface area contributed by atoms with Crippen LogP contribution in [0.2, 0.25) is 0 Å². The van der Waals surface area contributed by atoms with Crippen LogP contribution in [0.4, 0.5) is 9.59 Å². The van der Waals surface area contributed by atoms with Crippen molar-refractivity contribution in [2.45, 2.75) is 99.6 Å². The third kappa shape index (κ3) is 14.2. The van der Waals surface area contributed by atoms with E-state index in [0.717, 1.165) is 6.42 Å². The average Bonchev–Trinajstić information content (AvgIpc) is 2.81. The zero-order valence-electron chi connectivity index (χ0n) is 25.8. The molecule has 41 heavy (non-hydrogen) atoms. The molecule has 0 aliphatic carbocycles. The maximum Gasteiger partial charge on any atom is 0.513 e. The molecule has 11 nitrogen and oxygen atoms in total. The molecule has 0 saturated carbocycles. The van der Waals surface area contributed by atoms with E-state index < -0.39 is 35.9 Å². The lowest BCUT2D eigenvalue weighted by molar-refractivity contribution is -0.154. The topological polar surface area (TPSA) is 161 Å². The van der Waals surface area contributed by atoms with Crippen LogP contribution in [0.1, 0.15) is 87.1 Å². The summed E-state index contributed by atoms with van der Waals surface area (Å²) in [7, 11) is 0. The summed E-state index contributed by atoms with van der Waals surface area (Å²) in [4.78, 5) is 49.1. The number of carbonyl (C=O) groups excluding carboxylic acids is 3. The molecular formula is C30H47NO10. The van der Waals surface area contributed by atoms with Gasteiger partial charge in [0.05, 0.1) is 13.2 Å². The number of carbonyl (C=O) groups is 4. The first-order valence-corrected chi connectivity index (χ1v) is 13.8. The highest BCUT2D eigenvalue weighted by atomic mass is 16.7. The Hall–Kier alpha value is -3.34. The standard InChI is InChI=1S/C30H47NO10/c1-10-19(2)13-24(32)39-20(3)15-30(31,25(33)34)16-21-11-12-22(40-26(35)37-17-28(4,5)6)23(14-21)41-27(36)38-18-29(7,8)9/h11-12,14,19-20H,10,13,15-18,31H2,1-9H3,(H,33,34)/t19?,20-,30?/m0/s1. The van der Waals surface area contributed by atoms with Gasteiger partial charge in [0.15, 0.2) is 11.5 Å². The number of rotatable bonds is 13. The predicted octanol–water partition coefficient (Wildman–Crippen LogP) is 5.89. The van der Waals surface area contributed by atoms with Crippen molar-refractivity contribution in [3.8, 4) is 11.5 Å². The van der Waals surface area contributed by atoms with Gasteiger partial charge in [0.1, 0.15) is 11.6 Å². The van der Waals surface area contributed by atoms with Crippen LogP contribution in [0, 0.1) is 16.7 Å². The molecule has 0 spiro atoms. The summed E-state index contributed by atoms with van der Waals surface area (Å²) >= 11 is 0. The van der Waals surface area contributed by atoms with E-state index in [4.69, 9.17) is 29.4 Å². The lowest BCUT2D eigenvalue weighted by atomic mass is 9.86. The van der Waals surface area contributed by atoms with Gasteiger partial charge < -0.3 is 34.5 Å². The Balaban J connectivity index is 3.19. The van der Waals surface area contributed by atoms with Crippen LogP contribution in [-0.4, -0.2) is 54.2 Å². The normalized spacial score (nSPS) is 14.7. The number of carboxylic acids is 1. The summed E-state index contributed by atoms with van der Waals surface area (Å²) in [6.07, 6.45) is -2.17. The van der Waals surface area contributed by atoms with Crippen molar-refractivity contribution >= 4 is 24.2 Å². The van der Waals surface area contributed by atoms with Gasteiger partial charge in [-0.25, -0.2) is 9.59 Å². The van der Waals surface area contributed by atoms with E-state index in [9.17, 15) is 24.3 Å². The first kappa shape index (κ1) is 35.7. The number of hydrogen-bond acceptors (Lipinski definition) is 10. The Morgan fingerprint density at radius 1 is 0.878 bits per heavy atom. The number of benzene rings is 1. The van der Waals surface area contributed by atoms with Crippen LogP contribution >= 0.6 is 0 Å². The summed E-state index contributed by atoms with van der Waals surface area (Å²) in [6.45, 7) is 16.9. The number of nitrogens with two attached hydrogens (primary N) is 1. The van der Waals surface area contributed by atoms with Crippen LogP contribution in [0.15, 0.2) is 18.2 Å². The molecule has 0 aliphatic heterocycles. The Bertz CT molecular complexity index is 1060. The van der Waals surface area contributed by atoms with Crippen molar-refractivity contribution in [3.63, 3.8) is 0 Å². The van der Waals surface area contributed by atoms with E-state index in [1.165, 1.54) is 18.2 Å². The van der Waals surface area contributed by atoms with E-state index in [2.05, 4.69) is 0 Å². The summed E-state index contributed by atoms with van der Waals surface area (Å²) in [5.74, 6) is -1.92. The van der Waals surface area contributed by atoms with Crippen LogP contribution in [0.5, 0.6) is 11.5 Å². The van der Waals surface area contributed by atoms with Gasteiger partial charge in [-0.15, -0.1) is 0 Å². The smallest absolute Gasteiger partial charge is 0.480 e. The van der Waals surface area contributed by atoms with E-state index in [-0.39, 0.29) is 60.7 Å². The highest BCUT2D eigenvalue weighted by molar-refractivity contribution is 5.79. The third-order valence-electron chi connectivity index (χ3n) is 5.78. The average molecular weight is 582 g/mol. The van der Waals surface area contributed by atoms with Gasteiger partial charge in [-0.2, -0.15) is 0 Å². The van der Waals surface area contributed by atoms with Crippen molar-refractivity contribution in [2.75, 3.05) is 13.2 Å². The number of carboxylic acid groups (broad SMARTS) is 1. The van der Waals surface area contributed by atoms with Gasteiger partial charge in [0.25, 0.3) is 0 Å². The fraction of sp³-hybridized carbons (Fsp3) is 0.667. The highest BCUT2D eigenvalue weighted by Gasteiger charge is 2.37. The quantitative estimate of drug-likeness (QED) is 0.162. The minimum absolute atomic E-state index is 0.0634. The molecule has 1 rings (SSSR count). The van der Waals surface area contributed by atoms with Gasteiger partial charge in [0.2, 0.25) is 0 Å². The summed E-state index contributed by atoms with van der Waals surface area (Å²) in [5, 5.41) is 9.96. The molecule has 1 aromatic rings. The molecule has 1 aromatic carbocycles. The molecule has 11 heteroatoms. The van der Waals surface area contributed by atoms with E-state index in [1.807, 2.05) is 55.4 Å². The van der Waals surface area contributed by atoms with Crippen LogP contribution < -0.4 is 15.2 Å². The van der Waals surface area contributed by atoms with E-state index >= 15 is 0 Å². The molecule has 0 aliphatic rings. The van der Waals surface area contributed by atoms with Crippen molar-refractivity contribution in [3.05, 3.63) is 23.8 Å². The van der Waals surface area contributed by atoms with Gasteiger partial charge in [0, 0.05) is 19.3 Å². The fourth-order valence-corrected chi connectivity index (χ4v) is 3.47. The van der Waals surface area contributed by atoms with Crippen molar-refractivity contribution in [1.82, 2.24) is 0 Å². The lowest BCUT2D eigenvalue weighted by Gasteiger charge is -2.28. The first-order valence-electron chi connectivity index (χ1n) is 13.8. The number of hydrogen-bond donors (Lipinski definition) is 2. The Kier molecular flexibility index (Phi) is 13.1. The second-order valence-electron chi connectivity index (χ2n) is 13.0. The molecule has 0 bridgehead atoms. The maximum atomic E-state index is 12.4. The molecule has 3 atom stereocenters. The summed E-state index contributed by atoms with van der Waals surface area (Å²) in [6, 6.07) is 4.18. The predicted molar refractivity (Wildman–Crippen MR) is 152 cm³/mol. The number of esters is 1. The molecule has 0 aromatic heterocycles. The molecule has 0 radical (unpaired) electrons. The molecule has 0 amide bonds. The molecular weight excluding hydrogens is 534 g/mol. The molecule has 0 heterocycles. The van der Waals surface area contributed by atoms with Gasteiger partial charge >= 0.3 is 24.2 Å². The minimum Gasteiger partial charge on any atom is -0.480 e. The van der Waals surface area contributed by atoms with Crippen molar-refractivity contribution in [2.24, 2.45) is 22.5 Å². The van der Waals surface area contributed by atoms with Crippen molar-refractivity contribution < 1.29 is 48.0 Å². The fourth-order valence-electron chi connectivity index (χ4n) is 3.47. The minimum atomic E-state index is -1.83. The van der Waals surface area contributed by atoms with Crippen LogP contribution in [0.3, 0.4) is 0 Å². The van der Waals surface area contributed by atoms with Crippen LogP contribution in [0.25, 0.3) is 0 Å². The van der Waals surface area contributed by atoms with Gasteiger partial charge in [-0.1, -0.05) is 67.9 Å². The molecule has 0 fully saturated rings. The monoisotopic (exact) mass is 581 g/mol. The lowest BCUT2D eigenvalue weighted by Crippen LogP contribution is -2.52. The largest absolute Gasteiger partial charge is 0.513 e. The highest BCUT2D eigenvalue weighted by Crippen LogP contribution is 2.32. The summed E-state index contributed by atoms with van der Waals surface area (Å²) in [5.41, 5.74) is 4.20. The zero-order chi connectivity index (χ0) is 31.6. The zero-order valence-corrected chi connectivity index (χ0v) is 25.8. The van der Waals surface area contributed by atoms with Crippen LogP contribution in [-0.2, 0) is 30.2 Å². The third-order valence-corrected chi connectivity index (χ3v) is 5.78. The Morgan fingerprint density at radius 2 is 1.39 bits per heavy atom. The van der Waals surface area contributed by atoms with Crippen molar-refractivity contribution in [1.29, 1.82) is 0 Å². The SMILES string of the molecule is CCC(C)CC(=O)O[C@@H](C)CC(N)(Cc1ccc(OC(=O)OCC(C)(C)C)c(OC(=O)OCC(C)(C)C)c1)C(=O)O. The molecule has 2 unspecified atom stereocenters. The summed E-state index contributed by atoms with van der Waals surface area (Å²) < 4.78 is 26.3. The number of aliphatic carboxylic acids is 1. The molecule has 232 valence electrons. The van der Waals surface area contributed by atoms with E-state index in [0.29, 0.717) is 5.56 Å². The van der Waals surface area contributed by atoms with E-state index in [1.54, 1.807) is 6.92 Å². The second kappa shape index (κ2) is 15.0. The Morgan fingerprint density at radius 3 is 1.85 bits per heavy atom. The number of ether oxygens (including phenoxy) is 5. The van der Waals surface area contributed by atoms with Gasteiger partial charge in [-0.05, 0) is 41.4 Å². The second-order valence-corrected chi connectivity index (χ2v) is 13.0. The molecule has 3 N–H and O–H groups in total. The Labute approximate surface area is 243 Å². The first-order chi connectivity index (χ1) is 18.7. The molecule has 0 saturated heterocycles.